The highest BCUT2D eigenvalue weighted by Gasteiger charge is 2.36. The maximum Gasteiger partial charge on any atom is 0.410 e. The number of hydrogen-bond acceptors (Lipinski definition) is 6. The van der Waals surface area contributed by atoms with E-state index in [1.165, 1.54) is 4.90 Å². The summed E-state index contributed by atoms with van der Waals surface area (Å²) in [6, 6.07) is 11.5. The summed E-state index contributed by atoms with van der Waals surface area (Å²) in [7, 11) is -3.75. The van der Waals surface area contributed by atoms with Crippen molar-refractivity contribution in [2.24, 2.45) is 5.92 Å². The van der Waals surface area contributed by atoms with Crippen molar-refractivity contribution >= 4 is 21.9 Å². The van der Waals surface area contributed by atoms with Crippen molar-refractivity contribution in [3.05, 3.63) is 53.8 Å². The molecule has 138 valence electrons. The Labute approximate surface area is 149 Å². The van der Waals surface area contributed by atoms with Gasteiger partial charge in [-0.1, -0.05) is 30.3 Å². The van der Waals surface area contributed by atoms with Crippen molar-refractivity contribution in [1.29, 1.82) is 0 Å². The highest BCUT2D eigenvalue weighted by atomic mass is 32.2. The monoisotopic (exact) mass is 379 g/mol. The predicted molar refractivity (Wildman–Crippen MR) is 89.4 cm³/mol. The van der Waals surface area contributed by atoms with Gasteiger partial charge in [-0.15, -0.1) is 0 Å². The number of furan rings is 1. The minimum Gasteiger partial charge on any atom is -0.475 e. The minimum absolute atomic E-state index is 0.156. The molecule has 9 heteroatoms. The van der Waals surface area contributed by atoms with Crippen molar-refractivity contribution in [3.8, 4) is 0 Å². The lowest BCUT2D eigenvalue weighted by atomic mass is 10.0. The van der Waals surface area contributed by atoms with Gasteiger partial charge in [-0.25, -0.2) is 18.0 Å². The van der Waals surface area contributed by atoms with Gasteiger partial charge in [-0.05, 0) is 17.7 Å². The Morgan fingerprint density at radius 3 is 2.46 bits per heavy atom. The zero-order valence-corrected chi connectivity index (χ0v) is 14.5. The van der Waals surface area contributed by atoms with Crippen LogP contribution in [-0.4, -0.2) is 49.3 Å². The molecule has 0 spiro atoms. The Bertz CT molecular complexity index is 898. The maximum atomic E-state index is 12.2. The summed E-state index contributed by atoms with van der Waals surface area (Å²) in [5, 5.41) is 8.41. The first-order chi connectivity index (χ1) is 12.3. The molecule has 0 bridgehead atoms. The molecule has 2 aromatic rings. The average Bonchev–Trinajstić information content (AvgIpc) is 3.08. The van der Waals surface area contributed by atoms with Gasteiger partial charge in [0.1, 0.15) is 6.61 Å². The van der Waals surface area contributed by atoms with Gasteiger partial charge in [0.15, 0.2) is 0 Å². The van der Waals surface area contributed by atoms with Crippen LogP contribution in [0.25, 0.3) is 0 Å². The van der Waals surface area contributed by atoms with E-state index in [4.69, 9.17) is 14.3 Å². The number of carboxylic acid groups (broad SMARTS) is 1. The van der Waals surface area contributed by atoms with Crippen molar-refractivity contribution < 1.29 is 32.3 Å². The SMILES string of the molecule is O=C(O)c1ccc(S(=O)(=O)CC2CN(C(=O)OCc3ccccc3)C2)o1. The van der Waals surface area contributed by atoms with Crippen LogP contribution in [0.1, 0.15) is 16.1 Å². The molecule has 1 aliphatic rings. The van der Waals surface area contributed by atoms with Gasteiger partial charge in [0.25, 0.3) is 0 Å². The molecule has 0 saturated carbocycles. The van der Waals surface area contributed by atoms with E-state index >= 15 is 0 Å². The number of amides is 1. The zero-order chi connectivity index (χ0) is 18.7. The molecule has 8 nitrogen and oxygen atoms in total. The smallest absolute Gasteiger partial charge is 0.410 e. The Kier molecular flexibility index (Phi) is 4.99. The number of nitrogens with zero attached hydrogens (tertiary/aromatic N) is 1. The van der Waals surface area contributed by atoms with Crippen molar-refractivity contribution in [2.75, 3.05) is 18.8 Å². The van der Waals surface area contributed by atoms with Crippen LogP contribution in [0.4, 0.5) is 4.79 Å². The summed E-state index contributed by atoms with van der Waals surface area (Å²) in [4.78, 5) is 24.1. The number of carbonyl (C=O) groups is 2. The molecule has 1 N–H and O–H groups in total. The number of ether oxygens (including phenoxy) is 1. The fraction of sp³-hybridized carbons (Fsp3) is 0.294. The highest BCUT2D eigenvalue weighted by molar-refractivity contribution is 7.91. The van der Waals surface area contributed by atoms with Gasteiger partial charge >= 0.3 is 12.1 Å². The summed E-state index contributed by atoms with van der Waals surface area (Å²) >= 11 is 0. The Morgan fingerprint density at radius 1 is 1.15 bits per heavy atom. The highest BCUT2D eigenvalue weighted by Crippen LogP contribution is 2.23. The third-order valence-electron chi connectivity index (χ3n) is 3.97. The first kappa shape index (κ1) is 18.0. The number of rotatable bonds is 6. The quantitative estimate of drug-likeness (QED) is 0.816. The average molecular weight is 379 g/mol. The standard InChI is InChI=1S/C17H17NO7S/c19-16(20)14-6-7-15(25-14)26(22,23)11-13-8-18(9-13)17(21)24-10-12-4-2-1-3-5-12/h1-7,13H,8-11H2,(H,19,20). The van der Waals surface area contributed by atoms with E-state index in [2.05, 4.69) is 0 Å². The third-order valence-corrected chi connectivity index (χ3v) is 5.72. The minimum atomic E-state index is -3.75. The van der Waals surface area contributed by atoms with Crippen LogP contribution in [0.15, 0.2) is 52.0 Å². The summed E-state index contributed by atoms with van der Waals surface area (Å²) in [6.45, 7) is 0.683. The van der Waals surface area contributed by atoms with Crippen LogP contribution in [-0.2, 0) is 21.2 Å². The van der Waals surface area contributed by atoms with E-state index < -0.39 is 27.7 Å². The Morgan fingerprint density at radius 2 is 1.85 bits per heavy atom. The zero-order valence-electron chi connectivity index (χ0n) is 13.7. The van der Waals surface area contributed by atoms with Gasteiger partial charge in [0, 0.05) is 19.0 Å². The molecule has 26 heavy (non-hydrogen) atoms. The van der Waals surface area contributed by atoms with Crippen molar-refractivity contribution in [1.82, 2.24) is 4.90 Å². The Balaban J connectivity index is 1.48. The molecule has 1 amide bonds. The second-order valence-electron chi connectivity index (χ2n) is 6.02. The largest absolute Gasteiger partial charge is 0.475 e. The predicted octanol–water partition coefficient (Wildman–Crippen LogP) is 2.02. The molecule has 1 saturated heterocycles. The van der Waals surface area contributed by atoms with E-state index in [-0.39, 0.29) is 36.5 Å². The number of carbonyl (C=O) groups excluding carboxylic acids is 1. The summed E-state index contributed by atoms with van der Waals surface area (Å²) < 4.78 is 34.5. The fourth-order valence-corrected chi connectivity index (χ4v) is 4.12. The second-order valence-corrected chi connectivity index (χ2v) is 7.98. The molecular formula is C17H17NO7S. The van der Waals surface area contributed by atoms with Crippen LogP contribution in [0, 0.1) is 5.92 Å². The fourth-order valence-electron chi connectivity index (χ4n) is 2.63. The maximum absolute atomic E-state index is 12.2. The number of hydrogen-bond donors (Lipinski definition) is 1. The lowest BCUT2D eigenvalue weighted by Gasteiger charge is -2.37. The molecule has 3 rings (SSSR count). The molecule has 1 aliphatic heterocycles. The van der Waals surface area contributed by atoms with E-state index in [9.17, 15) is 18.0 Å². The van der Waals surface area contributed by atoms with Crippen LogP contribution in [0.5, 0.6) is 0 Å². The van der Waals surface area contributed by atoms with Gasteiger partial charge in [-0.3, -0.25) is 0 Å². The van der Waals surface area contributed by atoms with Gasteiger partial charge in [-0.2, -0.15) is 0 Å². The number of carboxylic acids is 1. The number of aromatic carboxylic acids is 1. The molecule has 2 heterocycles. The molecule has 1 aromatic carbocycles. The molecule has 0 atom stereocenters. The van der Waals surface area contributed by atoms with Crippen molar-refractivity contribution in [2.45, 2.75) is 11.7 Å². The first-order valence-corrected chi connectivity index (χ1v) is 9.52. The van der Waals surface area contributed by atoms with E-state index in [1.54, 1.807) is 0 Å². The third kappa shape index (κ3) is 4.05. The molecule has 0 unspecified atom stereocenters. The summed E-state index contributed by atoms with van der Waals surface area (Å²) in [6.07, 6.45) is -0.492. The van der Waals surface area contributed by atoms with Crippen molar-refractivity contribution in [3.63, 3.8) is 0 Å². The molecule has 1 aromatic heterocycles. The molecule has 1 fully saturated rings. The normalized spacial score (nSPS) is 14.7. The Hall–Kier alpha value is -2.81. The van der Waals surface area contributed by atoms with E-state index in [1.807, 2.05) is 30.3 Å². The number of sulfone groups is 1. The topological polar surface area (TPSA) is 114 Å². The lowest BCUT2D eigenvalue weighted by molar-refractivity contribution is 0.0547. The number of likely N-dealkylation sites (tertiary alicyclic amines) is 1. The first-order valence-electron chi connectivity index (χ1n) is 7.86. The van der Waals surface area contributed by atoms with E-state index in [0.717, 1.165) is 17.7 Å². The molecule has 0 aliphatic carbocycles. The van der Waals surface area contributed by atoms with E-state index in [0.29, 0.717) is 0 Å². The van der Waals surface area contributed by atoms with Gasteiger partial charge in [0.05, 0.1) is 5.75 Å². The van der Waals surface area contributed by atoms with Crippen LogP contribution < -0.4 is 0 Å². The molecule has 0 radical (unpaired) electrons. The van der Waals surface area contributed by atoms with Gasteiger partial charge in [0.2, 0.25) is 20.7 Å². The summed E-state index contributed by atoms with van der Waals surface area (Å²) in [5.74, 6) is -2.23. The van der Waals surface area contributed by atoms with Crippen LogP contribution >= 0.6 is 0 Å². The van der Waals surface area contributed by atoms with Crippen LogP contribution in [0.2, 0.25) is 0 Å². The van der Waals surface area contributed by atoms with Gasteiger partial charge < -0.3 is 19.2 Å². The molecular weight excluding hydrogens is 362 g/mol. The summed E-state index contributed by atoms with van der Waals surface area (Å²) in [5.41, 5.74) is 0.868. The lowest BCUT2D eigenvalue weighted by Crippen LogP contribution is -2.52. The number of benzene rings is 1. The second kappa shape index (κ2) is 7.20. The van der Waals surface area contributed by atoms with Crippen LogP contribution in [0.3, 0.4) is 0 Å².